The summed E-state index contributed by atoms with van der Waals surface area (Å²) in [6.07, 6.45) is 1.92. The molecule has 124 valence electrons. The topological polar surface area (TPSA) is 97.6 Å². The number of benzene rings is 1. The number of rotatable bonds is 6. The van der Waals surface area contributed by atoms with Crippen molar-refractivity contribution < 1.29 is 14.5 Å². The summed E-state index contributed by atoms with van der Waals surface area (Å²) >= 11 is 0. The number of ether oxygens (including phenoxy) is 1. The zero-order valence-corrected chi connectivity index (χ0v) is 12.8. The van der Waals surface area contributed by atoms with Gasteiger partial charge < -0.3 is 15.0 Å². The second-order valence-corrected chi connectivity index (χ2v) is 5.24. The minimum absolute atomic E-state index is 0.0453. The van der Waals surface area contributed by atoms with Gasteiger partial charge in [-0.15, -0.1) is 0 Å². The summed E-state index contributed by atoms with van der Waals surface area (Å²) in [6.45, 7) is 1.20. The van der Waals surface area contributed by atoms with Crippen LogP contribution < -0.4 is 15.0 Å². The molecule has 0 radical (unpaired) electrons. The smallest absolute Gasteiger partial charge is 0.287 e. The molecule has 1 aromatic heterocycles. The Hall–Kier alpha value is -3.16. The zero-order valence-electron chi connectivity index (χ0n) is 12.8. The van der Waals surface area contributed by atoms with Crippen LogP contribution in [0.5, 0.6) is 5.75 Å². The number of hydrogen-bond donors (Lipinski definition) is 1. The number of carbonyl (C=O) groups excluding carboxylic acids is 1. The second kappa shape index (κ2) is 6.95. The molecule has 0 saturated heterocycles. The van der Waals surface area contributed by atoms with E-state index in [0.717, 1.165) is 5.69 Å². The van der Waals surface area contributed by atoms with Gasteiger partial charge in [0.1, 0.15) is 17.8 Å². The van der Waals surface area contributed by atoms with Crippen molar-refractivity contribution in [2.75, 3.05) is 29.9 Å². The molecule has 0 bridgehead atoms. The number of carbonyl (C=O) groups is 1. The van der Waals surface area contributed by atoms with Crippen molar-refractivity contribution in [2.45, 2.75) is 6.42 Å². The predicted molar refractivity (Wildman–Crippen MR) is 88.3 cm³/mol. The number of amides is 1. The Balaban J connectivity index is 1.53. The lowest BCUT2D eigenvalue weighted by atomic mass is 10.2. The Morgan fingerprint density at radius 2 is 2.12 bits per heavy atom. The van der Waals surface area contributed by atoms with Gasteiger partial charge in [-0.1, -0.05) is 12.1 Å². The van der Waals surface area contributed by atoms with Crippen LogP contribution in [0, 0.1) is 10.1 Å². The molecule has 0 unspecified atom stereocenters. The average molecular weight is 328 g/mol. The van der Waals surface area contributed by atoms with Crippen LogP contribution in [-0.2, 0) is 4.79 Å². The standard InChI is InChI=1S/C16H16N4O4/c21-16-11-24-14-5-2-1-4-13(14)19(16)9-3-8-17-15-7-6-12(10-18-15)20(22)23/h1-2,4-7,10H,3,8-9,11H2,(H,17,18). The summed E-state index contributed by atoms with van der Waals surface area (Å²) in [5.41, 5.74) is 0.735. The maximum Gasteiger partial charge on any atom is 0.287 e. The van der Waals surface area contributed by atoms with Crippen molar-refractivity contribution >= 4 is 23.1 Å². The molecule has 1 aliphatic rings. The lowest BCUT2D eigenvalue weighted by Gasteiger charge is -2.29. The molecular weight excluding hydrogens is 312 g/mol. The maximum atomic E-state index is 12.0. The molecule has 1 aromatic carbocycles. The molecular formula is C16H16N4O4. The highest BCUT2D eigenvalue weighted by Crippen LogP contribution is 2.31. The zero-order chi connectivity index (χ0) is 16.9. The van der Waals surface area contributed by atoms with E-state index in [0.29, 0.717) is 31.1 Å². The molecule has 1 amide bonds. The fourth-order valence-corrected chi connectivity index (χ4v) is 2.45. The molecule has 0 spiro atoms. The number of pyridine rings is 1. The molecule has 0 aliphatic carbocycles. The van der Waals surface area contributed by atoms with Gasteiger partial charge in [0.25, 0.3) is 11.6 Å². The third-order valence-corrected chi connectivity index (χ3v) is 3.63. The van der Waals surface area contributed by atoms with Crippen LogP contribution in [0.25, 0.3) is 0 Å². The van der Waals surface area contributed by atoms with Gasteiger partial charge in [0.2, 0.25) is 0 Å². The van der Waals surface area contributed by atoms with Crippen LogP contribution in [-0.4, -0.2) is 35.5 Å². The average Bonchev–Trinajstić information content (AvgIpc) is 2.60. The van der Waals surface area contributed by atoms with Crippen LogP contribution in [0.15, 0.2) is 42.6 Å². The summed E-state index contributed by atoms with van der Waals surface area (Å²) in [4.78, 5) is 27.8. The quantitative estimate of drug-likeness (QED) is 0.496. The summed E-state index contributed by atoms with van der Waals surface area (Å²) in [7, 11) is 0. The Labute approximate surface area is 138 Å². The van der Waals surface area contributed by atoms with Crippen LogP contribution in [0.1, 0.15) is 6.42 Å². The van der Waals surface area contributed by atoms with E-state index in [9.17, 15) is 14.9 Å². The van der Waals surface area contributed by atoms with Crippen LogP contribution >= 0.6 is 0 Å². The minimum Gasteiger partial charge on any atom is -0.482 e. The Bertz CT molecular complexity index is 748. The highest BCUT2D eigenvalue weighted by Gasteiger charge is 2.24. The summed E-state index contributed by atoms with van der Waals surface area (Å²) in [5.74, 6) is 1.21. The summed E-state index contributed by atoms with van der Waals surface area (Å²) in [5, 5.41) is 13.7. The van der Waals surface area contributed by atoms with E-state index in [1.54, 1.807) is 11.0 Å². The molecule has 0 fully saturated rings. The van der Waals surface area contributed by atoms with Gasteiger partial charge in [0.15, 0.2) is 6.61 Å². The van der Waals surface area contributed by atoms with E-state index in [4.69, 9.17) is 4.74 Å². The molecule has 0 atom stereocenters. The fourth-order valence-electron chi connectivity index (χ4n) is 2.45. The Kier molecular flexibility index (Phi) is 4.55. The van der Waals surface area contributed by atoms with Gasteiger partial charge in [-0.05, 0) is 24.6 Å². The van der Waals surface area contributed by atoms with Crippen molar-refractivity contribution in [3.63, 3.8) is 0 Å². The van der Waals surface area contributed by atoms with E-state index in [1.807, 2.05) is 24.3 Å². The maximum absolute atomic E-state index is 12.0. The normalized spacial score (nSPS) is 13.2. The molecule has 1 N–H and O–H groups in total. The number of para-hydroxylation sites is 2. The monoisotopic (exact) mass is 328 g/mol. The number of nitro groups is 1. The highest BCUT2D eigenvalue weighted by molar-refractivity contribution is 5.97. The molecule has 8 nitrogen and oxygen atoms in total. The second-order valence-electron chi connectivity index (χ2n) is 5.24. The van der Waals surface area contributed by atoms with Gasteiger partial charge in [-0.3, -0.25) is 14.9 Å². The molecule has 24 heavy (non-hydrogen) atoms. The Morgan fingerprint density at radius 3 is 2.88 bits per heavy atom. The molecule has 3 rings (SSSR count). The first-order valence-corrected chi connectivity index (χ1v) is 7.51. The van der Waals surface area contributed by atoms with Crippen molar-refractivity contribution in [1.82, 2.24) is 4.98 Å². The third-order valence-electron chi connectivity index (χ3n) is 3.63. The first kappa shape index (κ1) is 15.7. The fraction of sp³-hybridized carbons (Fsp3) is 0.250. The number of hydrogen-bond acceptors (Lipinski definition) is 6. The number of aromatic nitrogens is 1. The van der Waals surface area contributed by atoms with Crippen LogP contribution in [0.2, 0.25) is 0 Å². The Morgan fingerprint density at radius 1 is 1.29 bits per heavy atom. The van der Waals surface area contributed by atoms with Crippen molar-refractivity contribution in [2.24, 2.45) is 0 Å². The minimum atomic E-state index is -0.488. The molecule has 8 heteroatoms. The van der Waals surface area contributed by atoms with E-state index in [-0.39, 0.29) is 18.2 Å². The number of nitrogens with one attached hydrogen (secondary N) is 1. The third kappa shape index (κ3) is 3.43. The predicted octanol–water partition coefficient (Wildman–Crippen LogP) is 2.22. The summed E-state index contributed by atoms with van der Waals surface area (Å²) in [6, 6.07) is 10.4. The first-order valence-electron chi connectivity index (χ1n) is 7.51. The van der Waals surface area contributed by atoms with Gasteiger partial charge in [0, 0.05) is 19.2 Å². The van der Waals surface area contributed by atoms with Crippen LogP contribution in [0.3, 0.4) is 0 Å². The van der Waals surface area contributed by atoms with Crippen molar-refractivity contribution in [3.05, 3.63) is 52.7 Å². The van der Waals surface area contributed by atoms with E-state index < -0.39 is 4.92 Å². The van der Waals surface area contributed by atoms with E-state index >= 15 is 0 Å². The van der Waals surface area contributed by atoms with E-state index in [2.05, 4.69) is 10.3 Å². The molecule has 0 saturated carbocycles. The number of nitrogens with zero attached hydrogens (tertiary/aromatic N) is 3. The van der Waals surface area contributed by atoms with Crippen molar-refractivity contribution in [1.29, 1.82) is 0 Å². The lowest BCUT2D eigenvalue weighted by Crippen LogP contribution is -2.39. The van der Waals surface area contributed by atoms with Gasteiger partial charge in [-0.25, -0.2) is 4.98 Å². The van der Waals surface area contributed by atoms with Gasteiger partial charge in [0.05, 0.1) is 10.6 Å². The lowest BCUT2D eigenvalue weighted by molar-refractivity contribution is -0.385. The largest absolute Gasteiger partial charge is 0.482 e. The number of fused-ring (bicyclic) bond motifs is 1. The molecule has 2 heterocycles. The highest BCUT2D eigenvalue weighted by atomic mass is 16.6. The van der Waals surface area contributed by atoms with Gasteiger partial charge >= 0.3 is 0 Å². The molecule has 1 aliphatic heterocycles. The first-order chi connectivity index (χ1) is 11.6. The number of anilines is 2. The van der Waals surface area contributed by atoms with Crippen molar-refractivity contribution in [3.8, 4) is 5.75 Å². The van der Waals surface area contributed by atoms with Gasteiger partial charge in [-0.2, -0.15) is 0 Å². The van der Waals surface area contributed by atoms with Crippen LogP contribution in [0.4, 0.5) is 17.2 Å². The SMILES string of the molecule is O=C1COc2ccccc2N1CCCNc1ccc([N+](=O)[O-])cn1. The van der Waals surface area contributed by atoms with E-state index in [1.165, 1.54) is 12.3 Å². The molecule has 2 aromatic rings. The summed E-state index contributed by atoms with van der Waals surface area (Å²) < 4.78 is 5.40.